The highest BCUT2D eigenvalue weighted by atomic mass is 19.4. The van der Waals surface area contributed by atoms with Gasteiger partial charge in [0.25, 0.3) is 5.69 Å². The van der Waals surface area contributed by atoms with Gasteiger partial charge in [0.15, 0.2) is 0 Å². The summed E-state index contributed by atoms with van der Waals surface area (Å²) in [4.78, 5) is 23.0. The molecule has 0 bridgehead atoms. The molecule has 0 aliphatic rings. The van der Waals surface area contributed by atoms with E-state index in [9.17, 15) is 28.1 Å². The molecule has 8 nitrogen and oxygen atoms in total. The zero-order valence-electron chi connectivity index (χ0n) is 18.9. The number of anilines is 2. The lowest BCUT2D eigenvalue weighted by Gasteiger charge is -2.08. The van der Waals surface area contributed by atoms with Crippen LogP contribution in [0, 0.1) is 17.0 Å². The number of alkyl halides is 3. The molecule has 0 aliphatic heterocycles. The Bertz CT molecular complexity index is 1460. The first-order valence-corrected chi connectivity index (χ1v) is 10.7. The van der Waals surface area contributed by atoms with Crippen molar-refractivity contribution in [3.63, 3.8) is 0 Å². The molecular weight excluding hydrogens is 475 g/mol. The number of aryl methyl sites for hydroxylation is 1. The summed E-state index contributed by atoms with van der Waals surface area (Å²) < 4.78 is 40.5. The number of rotatable bonds is 7. The zero-order chi connectivity index (χ0) is 25.9. The summed E-state index contributed by atoms with van der Waals surface area (Å²) >= 11 is 0. The number of hydrazone groups is 1. The van der Waals surface area contributed by atoms with Crippen molar-refractivity contribution in [2.24, 2.45) is 5.10 Å². The van der Waals surface area contributed by atoms with Gasteiger partial charge in [-0.3, -0.25) is 20.3 Å². The van der Waals surface area contributed by atoms with Crippen molar-refractivity contribution in [2.45, 2.75) is 19.6 Å². The number of halogens is 3. The van der Waals surface area contributed by atoms with Gasteiger partial charge in [-0.15, -0.1) is 0 Å². The minimum atomic E-state index is -4.71. The molecule has 1 heterocycles. The Morgan fingerprint density at radius 3 is 2.53 bits per heavy atom. The van der Waals surface area contributed by atoms with E-state index in [2.05, 4.69) is 15.8 Å². The summed E-state index contributed by atoms with van der Waals surface area (Å²) in [6, 6.07) is 16.8. The Hall–Kier alpha value is -4.67. The number of benzene rings is 3. The average molecular weight is 495 g/mol. The molecular formula is C25H20F3N5O3. The standard InChI is InChI=1S/C25H20F3N5O3/c1-16-6-9-19(10-7-16)30-24(34)15-32-14-17(20-4-2-3-5-22(20)32)13-29-31-21-11-8-18(25(26,27)28)12-23(21)33(35)36/h2-14,31H,15H2,1H3,(H,30,34)/b29-13-. The molecule has 184 valence electrons. The molecule has 0 atom stereocenters. The van der Waals surface area contributed by atoms with Crippen molar-refractivity contribution >= 4 is 40.1 Å². The van der Waals surface area contributed by atoms with Gasteiger partial charge in [0.2, 0.25) is 5.91 Å². The van der Waals surface area contributed by atoms with E-state index in [4.69, 9.17) is 0 Å². The monoisotopic (exact) mass is 495 g/mol. The Kier molecular flexibility index (Phi) is 6.73. The third-order valence-corrected chi connectivity index (χ3v) is 5.38. The highest BCUT2D eigenvalue weighted by Gasteiger charge is 2.33. The smallest absolute Gasteiger partial charge is 0.337 e. The van der Waals surface area contributed by atoms with Crippen LogP contribution < -0.4 is 10.7 Å². The van der Waals surface area contributed by atoms with E-state index in [1.54, 1.807) is 10.8 Å². The Morgan fingerprint density at radius 2 is 1.83 bits per heavy atom. The van der Waals surface area contributed by atoms with Gasteiger partial charge >= 0.3 is 6.18 Å². The van der Waals surface area contributed by atoms with Crippen LogP contribution in [0.1, 0.15) is 16.7 Å². The normalized spacial score (nSPS) is 11.7. The largest absolute Gasteiger partial charge is 0.416 e. The number of amides is 1. The van der Waals surface area contributed by atoms with Crippen LogP contribution in [-0.2, 0) is 17.5 Å². The molecule has 0 aliphatic carbocycles. The lowest BCUT2D eigenvalue weighted by Crippen LogP contribution is -2.18. The number of hydrogen-bond acceptors (Lipinski definition) is 5. The number of aromatic nitrogens is 1. The van der Waals surface area contributed by atoms with Crippen molar-refractivity contribution in [3.8, 4) is 0 Å². The fourth-order valence-corrected chi connectivity index (χ4v) is 3.63. The predicted octanol–water partition coefficient (Wildman–Crippen LogP) is 5.96. The maximum Gasteiger partial charge on any atom is 0.416 e. The summed E-state index contributed by atoms with van der Waals surface area (Å²) in [5, 5.41) is 18.9. The number of nitrogens with zero attached hydrogens (tertiary/aromatic N) is 3. The topological polar surface area (TPSA) is 102 Å². The molecule has 0 unspecified atom stereocenters. The highest BCUT2D eigenvalue weighted by Crippen LogP contribution is 2.35. The summed E-state index contributed by atoms with van der Waals surface area (Å²) in [6.07, 6.45) is -1.62. The van der Waals surface area contributed by atoms with Gasteiger partial charge in [-0.1, -0.05) is 35.9 Å². The quantitative estimate of drug-likeness (QED) is 0.188. The lowest BCUT2D eigenvalue weighted by atomic mass is 10.1. The van der Waals surface area contributed by atoms with Crippen LogP contribution in [0.2, 0.25) is 0 Å². The molecule has 11 heteroatoms. The second-order valence-electron chi connectivity index (χ2n) is 8.00. The van der Waals surface area contributed by atoms with Gasteiger partial charge in [-0.05, 0) is 37.3 Å². The van der Waals surface area contributed by atoms with Crippen molar-refractivity contribution in [3.05, 3.63) is 99.7 Å². The van der Waals surface area contributed by atoms with Gasteiger partial charge in [0.05, 0.1) is 16.7 Å². The maximum absolute atomic E-state index is 12.9. The van der Waals surface area contributed by atoms with Gasteiger partial charge in [-0.25, -0.2) is 0 Å². The van der Waals surface area contributed by atoms with Gasteiger partial charge in [-0.2, -0.15) is 18.3 Å². The number of hydrogen-bond donors (Lipinski definition) is 2. The minimum Gasteiger partial charge on any atom is -0.337 e. The van der Waals surface area contributed by atoms with Crippen molar-refractivity contribution in [2.75, 3.05) is 10.7 Å². The lowest BCUT2D eigenvalue weighted by molar-refractivity contribution is -0.384. The van der Waals surface area contributed by atoms with Crippen LogP contribution in [0.25, 0.3) is 10.9 Å². The van der Waals surface area contributed by atoms with Crippen molar-refractivity contribution < 1.29 is 22.9 Å². The number of nitrogens with one attached hydrogen (secondary N) is 2. The zero-order valence-corrected chi connectivity index (χ0v) is 18.9. The van der Waals surface area contributed by atoms with E-state index in [0.717, 1.165) is 28.6 Å². The van der Waals surface area contributed by atoms with E-state index in [1.165, 1.54) is 6.21 Å². The van der Waals surface area contributed by atoms with Crippen LogP contribution in [0.15, 0.2) is 78.0 Å². The van der Waals surface area contributed by atoms with Crippen molar-refractivity contribution in [1.82, 2.24) is 4.57 Å². The summed E-state index contributed by atoms with van der Waals surface area (Å²) in [6.45, 7) is 1.98. The number of carbonyl (C=O) groups is 1. The second kappa shape index (κ2) is 9.90. The van der Waals surface area contributed by atoms with E-state index in [1.807, 2.05) is 55.5 Å². The van der Waals surface area contributed by atoms with Gasteiger partial charge in [0.1, 0.15) is 12.2 Å². The molecule has 0 saturated carbocycles. The number of para-hydroxylation sites is 1. The van der Waals surface area contributed by atoms with Crippen molar-refractivity contribution in [1.29, 1.82) is 0 Å². The van der Waals surface area contributed by atoms with E-state index in [0.29, 0.717) is 17.3 Å². The molecule has 0 fully saturated rings. The summed E-state index contributed by atoms with van der Waals surface area (Å²) in [5.74, 6) is -0.235. The first kappa shape index (κ1) is 24.5. The SMILES string of the molecule is Cc1ccc(NC(=O)Cn2cc(/C=N\Nc3ccc(C(F)(F)F)cc3[N+](=O)[O-])c3ccccc32)cc1. The number of fused-ring (bicyclic) bond motifs is 1. The molecule has 4 rings (SSSR count). The van der Waals surface area contributed by atoms with E-state index < -0.39 is 22.4 Å². The third-order valence-electron chi connectivity index (χ3n) is 5.38. The number of nitro benzene ring substituents is 1. The second-order valence-corrected chi connectivity index (χ2v) is 8.00. The first-order valence-electron chi connectivity index (χ1n) is 10.7. The molecule has 3 aromatic carbocycles. The number of nitro groups is 1. The Morgan fingerprint density at radius 1 is 1.11 bits per heavy atom. The minimum absolute atomic E-state index is 0.0278. The molecule has 4 aromatic rings. The molecule has 0 spiro atoms. The van der Waals surface area contributed by atoms with Crippen LogP contribution in [0.3, 0.4) is 0 Å². The molecule has 0 saturated heterocycles. The van der Waals surface area contributed by atoms with Gasteiger partial charge in [0, 0.05) is 34.4 Å². The molecule has 0 radical (unpaired) electrons. The highest BCUT2D eigenvalue weighted by molar-refractivity contribution is 6.00. The molecule has 1 aromatic heterocycles. The van der Waals surface area contributed by atoms with Crippen LogP contribution in [0.5, 0.6) is 0 Å². The Labute approximate surface area is 203 Å². The summed E-state index contributed by atoms with van der Waals surface area (Å²) in [7, 11) is 0. The van der Waals surface area contributed by atoms with Crippen LogP contribution in [-0.4, -0.2) is 21.6 Å². The number of carbonyl (C=O) groups excluding carboxylic acids is 1. The molecule has 36 heavy (non-hydrogen) atoms. The fraction of sp³-hybridized carbons (Fsp3) is 0.120. The van der Waals surface area contributed by atoms with E-state index >= 15 is 0 Å². The van der Waals surface area contributed by atoms with Crippen LogP contribution >= 0.6 is 0 Å². The first-order chi connectivity index (χ1) is 17.1. The van der Waals surface area contributed by atoms with Crippen LogP contribution in [0.4, 0.5) is 30.2 Å². The molecule has 1 amide bonds. The van der Waals surface area contributed by atoms with Gasteiger partial charge < -0.3 is 9.88 Å². The maximum atomic E-state index is 12.9. The fourth-order valence-electron chi connectivity index (χ4n) is 3.63. The molecule has 2 N–H and O–H groups in total. The summed E-state index contributed by atoms with van der Waals surface area (Å²) in [5.41, 5.74) is 3.49. The Balaban J connectivity index is 1.55. The predicted molar refractivity (Wildman–Crippen MR) is 131 cm³/mol. The third kappa shape index (κ3) is 5.52. The average Bonchev–Trinajstić information content (AvgIpc) is 3.17. The van der Waals surface area contributed by atoms with E-state index in [-0.39, 0.29) is 18.1 Å².